The van der Waals surface area contributed by atoms with Crippen LogP contribution in [0, 0.1) is 20.2 Å². The Bertz CT molecular complexity index is 953. The summed E-state index contributed by atoms with van der Waals surface area (Å²) in [6.45, 7) is 5.57. The van der Waals surface area contributed by atoms with Crippen LogP contribution in [-0.4, -0.2) is 23.1 Å². The van der Waals surface area contributed by atoms with Gasteiger partial charge in [-0.05, 0) is 25.0 Å². The number of nitro benzene ring substituents is 2. The second-order valence-corrected chi connectivity index (χ2v) is 10.4. The van der Waals surface area contributed by atoms with Crippen molar-refractivity contribution in [1.82, 2.24) is 0 Å². The van der Waals surface area contributed by atoms with E-state index in [1.807, 2.05) is 0 Å². The van der Waals surface area contributed by atoms with Gasteiger partial charge in [0, 0.05) is 12.1 Å². The summed E-state index contributed by atoms with van der Waals surface area (Å²) in [4.78, 5) is 20.8. The van der Waals surface area contributed by atoms with Crippen molar-refractivity contribution >= 4 is 11.4 Å². The molecule has 2 aromatic rings. The average Bonchev–Trinajstić information content (AvgIpc) is 2.98. The lowest BCUT2D eigenvalue weighted by Crippen LogP contribution is -2.00. The summed E-state index contributed by atoms with van der Waals surface area (Å²) in [5.74, 6) is 0.752. The summed E-state index contributed by atoms with van der Waals surface area (Å²) < 4.78 is 11.0. The zero-order valence-electron chi connectivity index (χ0n) is 25.4. The summed E-state index contributed by atoms with van der Waals surface area (Å²) in [6, 6.07) is 13.1. The molecule has 0 unspecified atom stereocenters. The molecule has 2 rings (SSSR count). The molecule has 0 saturated heterocycles. The number of unbranched alkanes of at least 4 members (excludes halogenated alkanes) is 15. The minimum atomic E-state index is -0.400. The first-order valence-electron chi connectivity index (χ1n) is 15.7. The fraction of sp³-hybridized carbons (Fsp3) is 0.636. The molecule has 0 saturated carbocycles. The summed E-state index contributed by atoms with van der Waals surface area (Å²) in [5.41, 5.74) is 0.0977. The SMILES string of the molecule is CCCCCCCCCCCOc1ccccc1[N+](=O)[O-].CCCCCCCCCCOc1ccccc1[N+](=O)[O-]. The summed E-state index contributed by atoms with van der Waals surface area (Å²) in [6.07, 6.45) is 21.2. The van der Waals surface area contributed by atoms with Crippen LogP contribution in [0.5, 0.6) is 11.5 Å². The molecule has 0 aliphatic rings. The molecule has 2 aromatic carbocycles. The maximum atomic E-state index is 10.8. The molecule has 0 heterocycles. The zero-order valence-corrected chi connectivity index (χ0v) is 25.4. The molecular weight excluding hydrogens is 520 g/mol. The normalized spacial score (nSPS) is 10.5. The average molecular weight is 573 g/mol. The highest BCUT2D eigenvalue weighted by Gasteiger charge is 2.14. The van der Waals surface area contributed by atoms with Gasteiger partial charge in [0.1, 0.15) is 0 Å². The van der Waals surface area contributed by atoms with Crippen molar-refractivity contribution in [1.29, 1.82) is 0 Å². The molecule has 0 atom stereocenters. The van der Waals surface area contributed by atoms with E-state index in [9.17, 15) is 20.2 Å². The van der Waals surface area contributed by atoms with Crippen molar-refractivity contribution in [3.05, 3.63) is 68.8 Å². The molecular formula is C33H52N2O6. The Morgan fingerprint density at radius 1 is 0.488 bits per heavy atom. The minimum Gasteiger partial charge on any atom is -0.487 e. The molecule has 0 radical (unpaired) electrons. The third kappa shape index (κ3) is 18.0. The van der Waals surface area contributed by atoms with E-state index in [0.29, 0.717) is 24.7 Å². The van der Waals surface area contributed by atoms with Gasteiger partial charge >= 0.3 is 11.4 Å². The lowest BCUT2D eigenvalue weighted by molar-refractivity contribution is -0.386. The predicted molar refractivity (Wildman–Crippen MR) is 167 cm³/mol. The van der Waals surface area contributed by atoms with Gasteiger partial charge in [-0.3, -0.25) is 20.2 Å². The van der Waals surface area contributed by atoms with Crippen LogP contribution in [0.1, 0.15) is 123 Å². The number of benzene rings is 2. The highest BCUT2D eigenvalue weighted by Crippen LogP contribution is 2.27. The van der Waals surface area contributed by atoms with Gasteiger partial charge in [-0.1, -0.05) is 134 Å². The smallest absolute Gasteiger partial charge is 0.310 e. The Balaban J connectivity index is 0.000000410. The lowest BCUT2D eigenvalue weighted by Gasteiger charge is -2.06. The Morgan fingerprint density at radius 2 is 0.780 bits per heavy atom. The number of hydrogen-bond acceptors (Lipinski definition) is 6. The fourth-order valence-corrected chi connectivity index (χ4v) is 4.47. The molecule has 0 bridgehead atoms. The van der Waals surface area contributed by atoms with Crippen molar-refractivity contribution in [2.75, 3.05) is 13.2 Å². The second-order valence-electron chi connectivity index (χ2n) is 10.4. The van der Waals surface area contributed by atoms with Gasteiger partial charge in [0.05, 0.1) is 23.1 Å². The molecule has 230 valence electrons. The topological polar surface area (TPSA) is 105 Å². The van der Waals surface area contributed by atoms with Crippen LogP contribution in [0.2, 0.25) is 0 Å². The van der Waals surface area contributed by atoms with E-state index < -0.39 is 9.85 Å². The molecule has 0 aliphatic heterocycles. The molecule has 0 N–H and O–H groups in total. The number of hydrogen-bond donors (Lipinski definition) is 0. The van der Waals surface area contributed by atoms with Gasteiger partial charge in [0.2, 0.25) is 0 Å². The maximum absolute atomic E-state index is 10.8. The van der Waals surface area contributed by atoms with E-state index in [-0.39, 0.29) is 11.4 Å². The fourth-order valence-electron chi connectivity index (χ4n) is 4.47. The maximum Gasteiger partial charge on any atom is 0.310 e. The second kappa shape index (κ2) is 24.6. The minimum absolute atomic E-state index is 0.0482. The molecule has 8 nitrogen and oxygen atoms in total. The number of rotatable bonds is 23. The van der Waals surface area contributed by atoms with Crippen LogP contribution in [-0.2, 0) is 0 Å². The number of para-hydroxylation sites is 4. The standard InChI is InChI=1S/C17H27NO3.C16H25NO3/c1-2-3-4-5-6-7-8-9-12-15-21-17-14-11-10-13-16(17)18(19)20;1-2-3-4-5-6-7-8-11-14-20-16-13-10-9-12-15(16)17(18)19/h10-11,13-14H,2-9,12,15H2,1H3;9-10,12-13H,2-8,11,14H2,1H3. The van der Waals surface area contributed by atoms with E-state index >= 15 is 0 Å². The molecule has 0 aromatic heterocycles. The molecule has 0 spiro atoms. The Hall–Kier alpha value is -3.16. The van der Waals surface area contributed by atoms with Crippen molar-refractivity contribution in [3.8, 4) is 11.5 Å². The van der Waals surface area contributed by atoms with E-state index in [2.05, 4.69) is 13.8 Å². The van der Waals surface area contributed by atoms with Crippen LogP contribution in [0.3, 0.4) is 0 Å². The van der Waals surface area contributed by atoms with Crippen LogP contribution >= 0.6 is 0 Å². The Labute approximate surface area is 247 Å². The van der Waals surface area contributed by atoms with Gasteiger partial charge in [0.25, 0.3) is 0 Å². The molecule has 0 aliphatic carbocycles. The highest BCUT2D eigenvalue weighted by molar-refractivity contribution is 5.46. The third-order valence-corrected chi connectivity index (χ3v) is 6.88. The lowest BCUT2D eigenvalue weighted by atomic mass is 10.1. The van der Waals surface area contributed by atoms with Crippen LogP contribution in [0.15, 0.2) is 48.5 Å². The van der Waals surface area contributed by atoms with Crippen LogP contribution in [0.25, 0.3) is 0 Å². The zero-order chi connectivity index (χ0) is 30.0. The Morgan fingerprint density at radius 3 is 1.10 bits per heavy atom. The van der Waals surface area contributed by atoms with E-state index in [1.54, 1.807) is 36.4 Å². The first-order valence-corrected chi connectivity index (χ1v) is 15.7. The monoisotopic (exact) mass is 572 g/mol. The van der Waals surface area contributed by atoms with Crippen LogP contribution < -0.4 is 9.47 Å². The van der Waals surface area contributed by atoms with Crippen molar-refractivity contribution in [3.63, 3.8) is 0 Å². The van der Waals surface area contributed by atoms with Gasteiger partial charge in [0.15, 0.2) is 11.5 Å². The first kappa shape index (κ1) is 35.9. The first-order chi connectivity index (χ1) is 20.0. The van der Waals surface area contributed by atoms with E-state index in [0.717, 1.165) is 25.7 Å². The Kier molecular flexibility index (Phi) is 21.5. The number of nitro groups is 2. The molecule has 0 amide bonds. The number of nitrogens with zero attached hydrogens (tertiary/aromatic N) is 2. The molecule has 8 heteroatoms. The van der Waals surface area contributed by atoms with Gasteiger partial charge < -0.3 is 9.47 Å². The summed E-state index contributed by atoms with van der Waals surface area (Å²) in [7, 11) is 0. The quantitative estimate of drug-likeness (QED) is 0.0745. The van der Waals surface area contributed by atoms with Crippen LogP contribution in [0.4, 0.5) is 11.4 Å². The summed E-state index contributed by atoms with van der Waals surface area (Å²) in [5, 5.41) is 21.6. The van der Waals surface area contributed by atoms with E-state index in [4.69, 9.17) is 9.47 Å². The van der Waals surface area contributed by atoms with Gasteiger partial charge in [-0.25, -0.2) is 0 Å². The van der Waals surface area contributed by atoms with Gasteiger partial charge in [-0.15, -0.1) is 0 Å². The largest absolute Gasteiger partial charge is 0.487 e. The van der Waals surface area contributed by atoms with Crippen molar-refractivity contribution in [2.24, 2.45) is 0 Å². The molecule has 0 fully saturated rings. The number of ether oxygens (including phenoxy) is 2. The summed E-state index contributed by atoms with van der Waals surface area (Å²) >= 11 is 0. The van der Waals surface area contributed by atoms with Crippen molar-refractivity contribution < 1.29 is 19.3 Å². The highest BCUT2D eigenvalue weighted by atomic mass is 16.6. The van der Waals surface area contributed by atoms with Gasteiger partial charge in [-0.2, -0.15) is 0 Å². The van der Waals surface area contributed by atoms with E-state index in [1.165, 1.54) is 95.6 Å². The third-order valence-electron chi connectivity index (χ3n) is 6.88. The molecule has 41 heavy (non-hydrogen) atoms. The van der Waals surface area contributed by atoms with Crippen molar-refractivity contribution in [2.45, 2.75) is 123 Å². The predicted octanol–water partition coefficient (Wildman–Crippen LogP) is 10.6.